The molecule has 1 aliphatic rings. The molecule has 110 valence electrons. The molecule has 0 spiro atoms. The topological polar surface area (TPSA) is 46.9 Å². The summed E-state index contributed by atoms with van der Waals surface area (Å²) in [4.78, 5) is 12.2. The lowest BCUT2D eigenvalue weighted by Gasteiger charge is -2.16. The summed E-state index contributed by atoms with van der Waals surface area (Å²) in [5.41, 5.74) is 2.69. The van der Waals surface area contributed by atoms with Crippen LogP contribution in [0.4, 0.5) is 0 Å². The second-order valence-corrected chi connectivity index (χ2v) is 6.20. The van der Waals surface area contributed by atoms with Crippen LogP contribution in [0.3, 0.4) is 0 Å². The first-order valence-electron chi connectivity index (χ1n) is 7.05. The highest BCUT2D eigenvalue weighted by molar-refractivity contribution is 6.30. The van der Waals surface area contributed by atoms with Crippen LogP contribution in [0.15, 0.2) is 30.3 Å². The summed E-state index contributed by atoms with van der Waals surface area (Å²) in [6, 6.07) is 9.70. The van der Waals surface area contributed by atoms with Gasteiger partial charge in [0.15, 0.2) is 0 Å². The third-order valence-corrected chi connectivity index (χ3v) is 4.46. The van der Waals surface area contributed by atoms with Crippen molar-refractivity contribution >= 4 is 17.5 Å². The summed E-state index contributed by atoms with van der Waals surface area (Å²) in [6.07, 6.45) is 2.16. The minimum absolute atomic E-state index is 0.0460. The Morgan fingerprint density at radius 3 is 2.76 bits per heavy atom. The Morgan fingerprint density at radius 2 is 2.19 bits per heavy atom. The van der Waals surface area contributed by atoms with Crippen LogP contribution in [0.5, 0.6) is 0 Å². The SMILES string of the molecule is Cc1cc(C(=O)NCC2(c3cccc(Cl)c3)CC2)nn1C. The number of carbonyl (C=O) groups excluding carboxylic acids is 1. The van der Waals surface area contributed by atoms with Crippen molar-refractivity contribution in [2.75, 3.05) is 6.54 Å². The maximum Gasteiger partial charge on any atom is 0.271 e. The fraction of sp³-hybridized carbons (Fsp3) is 0.375. The average molecular weight is 304 g/mol. The molecular weight excluding hydrogens is 286 g/mol. The first-order valence-corrected chi connectivity index (χ1v) is 7.43. The number of halogens is 1. The van der Waals surface area contributed by atoms with Crippen LogP contribution >= 0.6 is 11.6 Å². The lowest BCUT2D eigenvalue weighted by Crippen LogP contribution is -2.32. The largest absolute Gasteiger partial charge is 0.350 e. The second-order valence-electron chi connectivity index (χ2n) is 5.77. The molecule has 0 radical (unpaired) electrons. The zero-order valence-corrected chi connectivity index (χ0v) is 12.9. The number of nitrogens with one attached hydrogen (secondary N) is 1. The summed E-state index contributed by atoms with van der Waals surface area (Å²) in [5.74, 6) is -0.119. The quantitative estimate of drug-likeness (QED) is 0.944. The van der Waals surface area contributed by atoms with Gasteiger partial charge in [0.05, 0.1) is 0 Å². The molecule has 5 heteroatoms. The Bertz CT molecular complexity index is 669. The van der Waals surface area contributed by atoms with Crippen LogP contribution in [0.25, 0.3) is 0 Å². The normalized spacial score (nSPS) is 15.8. The molecule has 0 saturated heterocycles. The molecule has 1 aromatic carbocycles. The minimum atomic E-state index is -0.119. The molecule has 0 bridgehead atoms. The third kappa shape index (κ3) is 2.81. The van der Waals surface area contributed by atoms with Gasteiger partial charge in [0.25, 0.3) is 5.91 Å². The fourth-order valence-electron chi connectivity index (χ4n) is 2.55. The maximum absolute atomic E-state index is 12.2. The van der Waals surface area contributed by atoms with Gasteiger partial charge in [-0.05, 0) is 43.5 Å². The minimum Gasteiger partial charge on any atom is -0.350 e. The Balaban J connectivity index is 1.68. The van der Waals surface area contributed by atoms with Crippen molar-refractivity contribution in [1.29, 1.82) is 0 Å². The summed E-state index contributed by atoms with van der Waals surface area (Å²) in [6.45, 7) is 2.56. The third-order valence-electron chi connectivity index (χ3n) is 4.22. The standard InChI is InChI=1S/C16H18ClN3O/c1-11-8-14(19-20(11)2)15(21)18-10-16(6-7-16)12-4-3-5-13(17)9-12/h3-5,8-9H,6-7,10H2,1-2H3,(H,18,21). The molecule has 1 aromatic heterocycles. The van der Waals surface area contributed by atoms with Gasteiger partial charge >= 0.3 is 0 Å². The van der Waals surface area contributed by atoms with Gasteiger partial charge in [0.2, 0.25) is 0 Å². The molecule has 1 amide bonds. The van der Waals surface area contributed by atoms with E-state index in [1.807, 2.05) is 32.2 Å². The van der Waals surface area contributed by atoms with Crippen LogP contribution in [0.1, 0.15) is 34.6 Å². The van der Waals surface area contributed by atoms with Crippen LogP contribution < -0.4 is 5.32 Å². The Kier molecular flexibility index (Phi) is 3.49. The highest BCUT2D eigenvalue weighted by atomic mass is 35.5. The van der Waals surface area contributed by atoms with E-state index in [-0.39, 0.29) is 11.3 Å². The summed E-state index contributed by atoms with van der Waals surface area (Å²) in [7, 11) is 1.83. The molecule has 1 aliphatic carbocycles. The molecular formula is C16H18ClN3O. The van der Waals surface area contributed by atoms with Crippen molar-refractivity contribution in [3.63, 3.8) is 0 Å². The van der Waals surface area contributed by atoms with Gasteiger partial charge in [-0.15, -0.1) is 0 Å². The van der Waals surface area contributed by atoms with Gasteiger partial charge in [-0.25, -0.2) is 0 Å². The van der Waals surface area contributed by atoms with Gasteiger partial charge in [-0.1, -0.05) is 23.7 Å². The van der Waals surface area contributed by atoms with Gasteiger partial charge in [-0.3, -0.25) is 9.48 Å². The smallest absolute Gasteiger partial charge is 0.271 e. The first-order chi connectivity index (χ1) is 10.00. The van der Waals surface area contributed by atoms with Gasteiger partial charge in [0, 0.05) is 29.7 Å². The molecule has 1 heterocycles. The molecule has 0 atom stereocenters. The molecule has 2 aromatic rings. The van der Waals surface area contributed by atoms with Crippen molar-refractivity contribution < 1.29 is 4.79 Å². The highest BCUT2D eigenvalue weighted by Gasteiger charge is 2.44. The van der Waals surface area contributed by atoms with E-state index in [4.69, 9.17) is 11.6 Å². The number of hydrogen-bond donors (Lipinski definition) is 1. The second kappa shape index (κ2) is 5.19. The van der Waals surface area contributed by atoms with Gasteiger partial charge in [0.1, 0.15) is 5.69 Å². The molecule has 1 fully saturated rings. The van der Waals surface area contributed by atoms with Crippen molar-refractivity contribution in [2.45, 2.75) is 25.2 Å². The monoisotopic (exact) mass is 303 g/mol. The lowest BCUT2D eigenvalue weighted by atomic mass is 9.96. The Labute approximate surface area is 129 Å². The fourth-order valence-corrected chi connectivity index (χ4v) is 2.74. The number of amides is 1. The van der Waals surface area contributed by atoms with Crippen LogP contribution in [0, 0.1) is 6.92 Å². The van der Waals surface area contributed by atoms with E-state index >= 15 is 0 Å². The predicted molar refractivity (Wildman–Crippen MR) is 82.6 cm³/mol. The molecule has 0 aliphatic heterocycles. The van der Waals surface area contributed by atoms with E-state index in [1.54, 1.807) is 10.7 Å². The zero-order chi connectivity index (χ0) is 15.0. The summed E-state index contributed by atoms with van der Waals surface area (Å²) in [5, 5.41) is 7.95. The Morgan fingerprint density at radius 1 is 1.43 bits per heavy atom. The number of carbonyl (C=O) groups is 1. The van der Waals surface area contributed by atoms with Crippen LogP contribution in [0.2, 0.25) is 5.02 Å². The van der Waals surface area contributed by atoms with Crippen LogP contribution in [-0.4, -0.2) is 22.2 Å². The van der Waals surface area contributed by atoms with Crippen LogP contribution in [-0.2, 0) is 12.5 Å². The van der Waals surface area contributed by atoms with E-state index in [2.05, 4.69) is 16.5 Å². The van der Waals surface area contributed by atoms with E-state index in [1.165, 1.54) is 5.56 Å². The Hall–Kier alpha value is -1.81. The average Bonchev–Trinajstić information content (AvgIpc) is 3.18. The lowest BCUT2D eigenvalue weighted by molar-refractivity contribution is 0.0944. The number of hydrogen-bond acceptors (Lipinski definition) is 2. The summed E-state index contributed by atoms with van der Waals surface area (Å²) < 4.78 is 1.71. The van der Waals surface area contributed by atoms with E-state index < -0.39 is 0 Å². The van der Waals surface area contributed by atoms with Crippen molar-refractivity contribution in [3.8, 4) is 0 Å². The van der Waals surface area contributed by atoms with Crippen molar-refractivity contribution in [1.82, 2.24) is 15.1 Å². The van der Waals surface area contributed by atoms with E-state index in [0.29, 0.717) is 12.2 Å². The van der Waals surface area contributed by atoms with Gasteiger partial charge in [-0.2, -0.15) is 5.10 Å². The molecule has 1 N–H and O–H groups in total. The predicted octanol–water partition coefficient (Wildman–Crippen LogP) is 2.84. The zero-order valence-electron chi connectivity index (χ0n) is 12.2. The number of aryl methyl sites for hydroxylation is 2. The summed E-state index contributed by atoms with van der Waals surface area (Å²) >= 11 is 6.06. The molecule has 3 rings (SSSR count). The van der Waals surface area contributed by atoms with E-state index in [9.17, 15) is 4.79 Å². The van der Waals surface area contributed by atoms with Crippen molar-refractivity contribution in [2.24, 2.45) is 7.05 Å². The molecule has 0 unspecified atom stereocenters. The number of aromatic nitrogens is 2. The number of benzene rings is 1. The van der Waals surface area contributed by atoms with E-state index in [0.717, 1.165) is 23.6 Å². The first kappa shape index (κ1) is 14.1. The molecule has 21 heavy (non-hydrogen) atoms. The maximum atomic E-state index is 12.2. The molecule has 1 saturated carbocycles. The van der Waals surface area contributed by atoms with Crippen molar-refractivity contribution in [3.05, 3.63) is 52.3 Å². The molecule has 4 nitrogen and oxygen atoms in total. The van der Waals surface area contributed by atoms with Gasteiger partial charge < -0.3 is 5.32 Å². The number of nitrogens with zero attached hydrogens (tertiary/aromatic N) is 2. The highest BCUT2D eigenvalue weighted by Crippen LogP contribution is 2.48. The number of rotatable bonds is 4.